The quantitative estimate of drug-likeness (QED) is 0.641. The lowest BCUT2D eigenvalue weighted by molar-refractivity contribution is -0.385. The Hall–Kier alpha value is -2.12. The van der Waals surface area contributed by atoms with E-state index in [2.05, 4.69) is 0 Å². The van der Waals surface area contributed by atoms with Crippen molar-refractivity contribution in [2.45, 2.75) is 13.1 Å². The summed E-state index contributed by atoms with van der Waals surface area (Å²) in [6.45, 7) is 1.03. The van der Waals surface area contributed by atoms with Gasteiger partial charge in [-0.05, 0) is 12.5 Å². The van der Waals surface area contributed by atoms with Gasteiger partial charge >= 0.3 is 6.18 Å². The molecular weight excluding hydrogens is 241 g/mol. The second-order valence-corrected chi connectivity index (χ2v) is 3.30. The summed E-state index contributed by atoms with van der Waals surface area (Å²) in [5.74, 6) is -1.36. The number of alkyl halides is 3. The molecule has 0 fully saturated rings. The number of carbonyl (C=O) groups is 1. The summed E-state index contributed by atoms with van der Waals surface area (Å²) in [5.41, 5.74) is 1.63. The first kappa shape index (κ1) is 12.9. The number of nitro groups is 1. The van der Waals surface area contributed by atoms with E-state index in [1.807, 2.05) is 0 Å². The summed E-state index contributed by atoms with van der Waals surface area (Å²) in [6.07, 6.45) is -4.79. The number of non-ortho nitro benzene ring substituents is 1. The highest BCUT2D eigenvalue weighted by molar-refractivity contribution is 5.95. The molecule has 92 valence electrons. The summed E-state index contributed by atoms with van der Waals surface area (Å²) in [4.78, 5) is 20.5. The van der Waals surface area contributed by atoms with E-state index in [1.165, 1.54) is 0 Å². The molecular formula is C9H7F3N2O3. The number of nitrogens with zero attached hydrogens (tertiary/aromatic N) is 1. The topological polar surface area (TPSA) is 86.2 Å². The van der Waals surface area contributed by atoms with Gasteiger partial charge in [-0.1, -0.05) is 0 Å². The Balaban J connectivity index is 3.61. The normalized spacial score (nSPS) is 11.3. The van der Waals surface area contributed by atoms with Crippen LogP contribution in [0.25, 0.3) is 0 Å². The van der Waals surface area contributed by atoms with Gasteiger partial charge in [0, 0.05) is 12.1 Å². The van der Waals surface area contributed by atoms with Crippen molar-refractivity contribution in [1.82, 2.24) is 0 Å². The predicted molar refractivity (Wildman–Crippen MR) is 51.4 cm³/mol. The van der Waals surface area contributed by atoms with E-state index in [-0.39, 0.29) is 0 Å². The number of carbonyl (C=O) groups excluding carboxylic acids is 1. The zero-order valence-corrected chi connectivity index (χ0v) is 8.54. The largest absolute Gasteiger partial charge is 0.417 e. The second kappa shape index (κ2) is 4.04. The molecule has 0 atom stereocenters. The molecule has 1 aromatic rings. The van der Waals surface area contributed by atoms with Gasteiger partial charge in [-0.2, -0.15) is 13.2 Å². The molecule has 5 nitrogen and oxygen atoms in total. The Morgan fingerprint density at radius 3 is 2.29 bits per heavy atom. The average Bonchev–Trinajstić information content (AvgIpc) is 2.13. The van der Waals surface area contributed by atoms with Gasteiger partial charge < -0.3 is 5.73 Å². The Morgan fingerprint density at radius 2 is 1.94 bits per heavy atom. The second-order valence-electron chi connectivity index (χ2n) is 3.30. The van der Waals surface area contributed by atoms with Gasteiger partial charge in [0.2, 0.25) is 5.91 Å². The maximum absolute atomic E-state index is 12.6. The third-order valence-corrected chi connectivity index (χ3v) is 2.08. The Labute approximate surface area is 93.2 Å². The molecule has 0 aliphatic rings. The molecule has 0 saturated heterocycles. The average molecular weight is 248 g/mol. The van der Waals surface area contributed by atoms with Gasteiger partial charge in [0.1, 0.15) is 0 Å². The molecule has 0 aliphatic carbocycles. The molecule has 1 rings (SSSR count). The van der Waals surface area contributed by atoms with Crippen molar-refractivity contribution in [3.05, 3.63) is 38.9 Å². The van der Waals surface area contributed by atoms with Crippen molar-refractivity contribution in [2.75, 3.05) is 0 Å². The van der Waals surface area contributed by atoms with Crippen LogP contribution in [0.15, 0.2) is 12.1 Å². The first-order valence-electron chi connectivity index (χ1n) is 4.30. The van der Waals surface area contributed by atoms with Crippen LogP contribution in [0.3, 0.4) is 0 Å². The van der Waals surface area contributed by atoms with Crippen molar-refractivity contribution in [3.8, 4) is 0 Å². The van der Waals surface area contributed by atoms with Crippen molar-refractivity contribution in [1.29, 1.82) is 0 Å². The fourth-order valence-corrected chi connectivity index (χ4v) is 1.44. The molecule has 0 saturated carbocycles. The SMILES string of the molecule is Cc1cc([N+](=O)[O-])cc(C(N)=O)c1C(F)(F)F. The van der Waals surface area contributed by atoms with Gasteiger partial charge in [-0.3, -0.25) is 14.9 Å². The first-order valence-corrected chi connectivity index (χ1v) is 4.30. The van der Waals surface area contributed by atoms with Crippen LogP contribution in [-0.4, -0.2) is 10.8 Å². The van der Waals surface area contributed by atoms with Gasteiger partial charge in [0.15, 0.2) is 0 Å². The number of hydrogen-bond acceptors (Lipinski definition) is 3. The van der Waals surface area contributed by atoms with E-state index in [0.717, 1.165) is 13.0 Å². The van der Waals surface area contributed by atoms with E-state index >= 15 is 0 Å². The number of nitro benzene ring substituents is 1. The van der Waals surface area contributed by atoms with Crippen LogP contribution in [0.1, 0.15) is 21.5 Å². The minimum absolute atomic E-state index is 0.416. The Bertz CT molecular complexity index is 497. The fourth-order valence-electron chi connectivity index (χ4n) is 1.44. The molecule has 0 spiro atoms. The van der Waals surface area contributed by atoms with Crippen LogP contribution >= 0.6 is 0 Å². The minimum atomic E-state index is -4.79. The lowest BCUT2D eigenvalue weighted by Gasteiger charge is -2.13. The number of primary amides is 1. The molecule has 17 heavy (non-hydrogen) atoms. The summed E-state index contributed by atoms with van der Waals surface area (Å²) in [6, 6.07) is 1.27. The van der Waals surface area contributed by atoms with Crippen LogP contribution in [-0.2, 0) is 6.18 Å². The highest BCUT2D eigenvalue weighted by atomic mass is 19.4. The smallest absolute Gasteiger partial charge is 0.366 e. The number of halogens is 3. The monoisotopic (exact) mass is 248 g/mol. The Kier molecular flexibility index (Phi) is 3.08. The molecule has 0 radical (unpaired) electrons. The van der Waals surface area contributed by atoms with E-state index in [1.54, 1.807) is 0 Å². The minimum Gasteiger partial charge on any atom is -0.366 e. The molecule has 1 amide bonds. The van der Waals surface area contributed by atoms with E-state index < -0.39 is 39.4 Å². The maximum Gasteiger partial charge on any atom is 0.417 e. The molecule has 0 aromatic heterocycles. The molecule has 2 N–H and O–H groups in total. The summed E-state index contributed by atoms with van der Waals surface area (Å²) >= 11 is 0. The van der Waals surface area contributed by atoms with Crippen molar-refractivity contribution in [3.63, 3.8) is 0 Å². The van der Waals surface area contributed by atoms with Crippen LogP contribution < -0.4 is 5.73 Å². The van der Waals surface area contributed by atoms with Crippen LogP contribution in [0, 0.1) is 17.0 Å². The number of hydrogen-bond donors (Lipinski definition) is 1. The van der Waals surface area contributed by atoms with Gasteiger partial charge in [0.25, 0.3) is 5.69 Å². The first-order chi connectivity index (χ1) is 7.64. The fraction of sp³-hybridized carbons (Fsp3) is 0.222. The zero-order valence-electron chi connectivity index (χ0n) is 8.54. The van der Waals surface area contributed by atoms with Gasteiger partial charge in [-0.15, -0.1) is 0 Å². The standard InChI is InChI=1S/C9H7F3N2O3/c1-4-2-5(14(16)17)3-6(8(13)15)7(4)9(10,11)12/h2-3H,1H3,(H2,13,15). The van der Waals surface area contributed by atoms with E-state index in [9.17, 15) is 28.1 Å². The van der Waals surface area contributed by atoms with Gasteiger partial charge in [-0.25, -0.2) is 0 Å². The molecule has 0 unspecified atom stereocenters. The summed E-state index contributed by atoms with van der Waals surface area (Å²) < 4.78 is 37.9. The predicted octanol–water partition coefficient (Wildman–Crippen LogP) is 2.02. The van der Waals surface area contributed by atoms with Crippen LogP contribution in [0.2, 0.25) is 0 Å². The third-order valence-electron chi connectivity index (χ3n) is 2.08. The highest BCUT2D eigenvalue weighted by Crippen LogP contribution is 2.36. The third kappa shape index (κ3) is 2.52. The number of amides is 1. The lowest BCUT2D eigenvalue weighted by Crippen LogP contribution is -2.20. The molecule has 8 heteroatoms. The number of benzene rings is 1. The van der Waals surface area contributed by atoms with Gasteiger partial charge in [0.05, 0.1) is 16.1 Å². The van der Waals surface area contributed by atoms with Crippen LogP contribution in [0.5, 0.6) is 0 Å². The molecule has 0 bridgehead atoms. The maximum atomic E-state index is 12.6. The highest BCUT2D eigenvalue weighted by Gasteiger charge is 2.37. The summed E-state index contributed by atoms with van der Waals surface area (Å²) in [5, 5.41) is 10.5. The van der Waals surface area contributed by atoms with E-state index in [4.69, 9.17) is 5.73 Å². The van der Waals surface area contributed by atoms with E-state index in [0.29, 0.717) is 6.07 Å². The molecule has 0 aliphatic heterocycles. The van der Waals surface area contributed by atoms with Crippen molar-refractivity contribution in [2.24, 2.45) is 5.73 Å². The van der Waals surface area contributed by atoms with Crippen LogP contribution in [0.4, 0.5) is 18.9 Å². The zero-order chi connectivity index (χ0) is 13.4. The van der Waals surface area contributed by atoms with Crippen molar-refractivity contribution < 1.29 is 22.9 Å². The van der Waals surface area contributed by atoms with Crippen molar-refractivity contribution >= 4 is 11.6 Å². The number of aryl methyl sites for hydroxylation is 1. The Morgan fingerprint density at radius 1 is 1.41 bits per heavy atom. The number of nitrogens with two attached hydrogens (primary N) is 1. The molecule has 1 aromatic carbocycles. The summed E-state index contributed by atoms with van der Waals surface area (Å²) in [7, 11) is 0. The lowest BCUT2D eigenvalue weighted by atomic mass is 10.00. The number of rotatable bonds is 2. The molecule has 0 heterocycles.